The van der Waals surface area contributed by atoms with Crippen LogP contribution < -0.4 is 10.6 Å². The molecular weight excluding hydrogens is 286 g/mol. The van der Waals surface area contributed by atoms with Crippen molar-refractivity contribution < 1.29 is 4.74 Å². The number of hydrogen-bond donors (Lipinski definition) is 2. The first-order valence-corrected chi connectivity index (χ1v) is 9.00. The molecule has 4 heteroatoms. The minimum absolute atomic E-state index is 0.720. The van der Waals surface area contributed by atoms with Gasteiger partial charge in [-0.05, 0) is 49.7 Å². The van der Waals surface area contributed by atoms with Gasteiger partial charge in [-0.25, -0.2) is 4.99 Å². The van der Waals surface area contributed by atoms with E-state index >= 15 is 0 Å². The van der Waals surface area contributed by atoms with E-state index < -0.39 is 0 Å². The van der Waals surface area contributed by atoms with E-state index in [0.717, 1.165) is 57.6 Å². The first-order valence-electron chi connectivity index (χ1n) is 9.00. The van der Waals surface area contributed by atoms with E-state index in [4.69, 9.17) is 9.73 Å². The molecule has 0 atom stereocenters. The van der Waals surface area contributed by atoms with E-state index in [2.05, 4.69) is 48.7 Å². The average molecular weight is 317 g/mol. The molecule has 0 radical (unpaired) electrons. The Kier molecular flexibility index (Phi) is 7.95. The highest BCUT2D eigenvalue weighted by molar-refractivity contribution is 5.79. The van der Waals surface area contributed by atoms with E-state index in [9.17, 15) is 0 Å². The number of nitrogens with zero attached hydrogens (tertiary/aromatic N) is 1. The van der Waals surface area contributed by atoms with Crippen molar-refractivity contribution in [1.29, 1.82) is 0 Å². The smallest absolute Gasteiger partial charge is 0.191 e. The quantitative estimate of drug-likeness (QED) is 0.396. The van der Waals surface area contributed by atoms with Crippen molar-refractivity contribution >= 4 is 5.96 Å². The molecule has 1 aromatic rings. The summed E-state index contributed by atoms with van der Waals surface area (Å²) in [6.07, 6.45) is 4.78. The van der Waals surface area contributed by atoms with Crippen LogP contribution in [-0.2, 0) is 17.7 Å². The largest absolute Gasteiger partial charge is 0.381 e. The van der Waals surface area contributed by atoms with E-state index in [1.807, 2.05) is 0 Å². The average Bonchev–Trinajstić information content (AvgIpc) is 3.40. The Morgan fingerprint density at radius 2 is 1.96 bits per heavy atom. The highest BCUT2D eigenvalue weighted by Crippen LogP contribution is 2.28. The fourth-order valence-electron chi connectivity index (χ4n) is 2.48. The van der Waals surface area contributed by atoms with Gasteiger partial charge in [0.1, 0.15) is 0 Å². The number of guanidine groups is 1. The lowest BCUT2D eigenvalue weighted by atomic mass is 10.1. The number of ether oxygens (including phenoxy) is 1. The first kappa shape index (κ1) is 17.8. The van der Waals surface area contributed by atoms with Crippen molar-refractivity contribution in [1.82, 2.24) is 10.6 Å². The SMILES string of the molecule is CCNC(=NCc1ccccc1CC)NCCCOCC1CC1. The van der Waals surface area contributed by atoms with E-state index in [-0.39, 0.29) is 0 Å². The second-order valence-electron chi connectivity index (χ2n) is 6.12. The second-order valence-corrected chi connectivity index (χ2v) is 6.12. The van der Waals surface area contributed by atoms with Gasteiger partial charge in [0.05, 0.1) is 6.54 Å². The van der Waals surface area contributed by atoms with Gasteiger partial charge in [-0.15, -0.1) is 0 Å². The third-order valence-corrected chi connectivity index (χ3v) is 4.06. The zero-order valence-electron chi connectivity index (χ0n) is 14.6. The van der Waals surface area contributed by atoms with Crippen LogP contribution in [0.2, 0.25) is 0 Å². The number of aliphatic imine (C=N–C) groups is 1. The molecule has 1 aliphatic rings. The Bertz CT molecular complexity index is 483. The monoisotopic (exact) mass is 317 g/mol. The summed E-state index contributed by atoms with van der Waals surface area (Å²) in [7, 11) is 0. The minimum atomic E-state index is 0.720. The summed E-state index contributed by atoms with van der Waals surface area (Å²) < 4.78 is 5.66. The van der Waals surface area contributed by atoms with Crippen LogP contribution in [0.1, 0.15) is 44.2 Å². The van der Waals surface area contributed by atoms with Crippen LogP contribution in [0.15, 0.2) is 29.3 Å². The predicted molar refractivity (Wildman–Crippen MR) is 96.8 cm³/mol. The Morgan fingerprint density at radius 3 is 2.65 bits per heavy atom. The van der Waals surface area contributed by atoms with Gasteiger partial charge in [0.25, 0.3) is 0 Å². The summed E-state index contributed by atoms with van der Waals surface area (Å²) in [4.78, 5) is 4.70. The Labute approximate surface area is 140 Å². The molecule has 0 heterocycles. The molecule has 128 valence electrons. The molecular formula is C19H31N3O. The van der Waals surface area contributed by atoms with Crippen molar-refractivity contribution in [3.63, 3.8) is 0 Å². The fraction of sp³-hybridized carbons (Fsp3) is 0.632. The lowest BCUT2D eigenvalue weighted by Gasteiger charge is -2.12. The molecule has 0 spiro atoms. The molecule has 0 aromatic heterocycles. The molecule has 0 saturated heterocycles. The number of aryl methyl sites for hydroxylation is 1. The van der Waals surface area contributed by atoms with Crippen LogP contribution in [0.3, 0.4) is 0 Å². The molecule has 0 bridgehead atoms. The normalized spacial score (nSPS) is 14.8. The molecule has 1 saturated carbocycles. The van der Waals surface area contributed by atoms with Crippen molar-refractivity contribution in [3.05, 3.63) is 35.4 Å². The summed E-state index contributed by atoms with van der Waals surface area (Å²) >= 11 is 0. The fourth-order valence-corrected chi connectivity index (χ4v) is 2.48. The highest BCUT2D eigenvalue weighted by atomic mass is 16.5. The van der Waals surface area contributed by atoms with Gasteiger partial charge in [0, 0.05) is 26.3 Å². The van der Waals surface area contributed by atoms with Crippen molar-refractivity contribution in [2.45, 2.75) is 46.1 Å². The molecule has 1 aliphatic carbocycles. The molecule has 0 amide bonds. The Balaban J connectivity index is 1.72. The molecule has 0 unspecified atom stereocenters. The van der Waals surface area contributed by atoms with E-state index in [1.165, 1.54) is 24.0 Å². The second kappa shape index (κ2) is 10.3. The lowest BCUT2D eigenvalue weighted by molar-refractivity contribution is 0.123. The first-order chi connectivity index (χ1) is 11.3. The van der Waals surface area contributed by atoms with Crippen LogP contribution in [0.25, 0.3) is 0 Å². The van der Waals surface area contributed by atoms with Crippen molar-refractivity contribution in [2.75, 3.05) is 26.3 Å². The third-order valence-electron chi connectivity index (χ3n) is 4.06. The zero-order valence-corrected chi connectivity index (χ0v) is 14.6. The molecule has 1 fully saturated rings. The number of benzene rings is 1. The van der Waals surface area contributed by atoms with Gasteiger partial charge in [-0.1, -0.05) is 31.2 Å². The number of rotatable bonds is 10. The predicted octanol–water partition coefficient (Wildman–Crippen LogP) is 3.12. The van der Waals surface area contributed by atoms with Crippen LogP contribution >= 0.6 is 0 Å². The molecule has 4 nitrogen and oxygen atoms in total. The van der Waals surface area contributed by atoms with Gasteiger partial charge in [0.2, 0.25) is 0 Å². The topological polar surface area (TPSA) is 45.7 Å². The van der Waals surface area contributed by atoms with Gasteiger partial charge in [-0.2, -0.15) is 0 Å². The van der Waals surface area contributed by atoms with Crippen LogP contribution in [0.4, 0.5) is 0 Å². The van der Waals surface area contributed by atoms with Crippen molar-refractivity contribution in [2.24, 2.45) is 10.9 Å². The minimum Gasteiger partial charge on any atom is -0.381 e. The van der Waals surface area contributed by atoms with E-state index in [1.54, 1.807) is 0 Å². The molecule has 2 rings (SSSR count). The number of hydrogen-bond acceptors (Lipinski definition) is 2. The lowest BCUT2D eigenvalue weighted by Crippen LogP contribution is -2.38. The van der Waals surface area contributed by atoms with Gasteiger partial charge >= 0.3 is 0 Å². The summed E-state index contributed by atoms with van der Waals surface area (Å²) in [6, 6.07) is 8.53. The third kappa shape index (κ3) is 7.04. The molecule has 0 aliphatic heterocycles. The van der Waals surface area contributed by atoms with E-state index in [0.29, 0.717) is 0 Å². The van der Waals surface area contributed by atoms with Crippen LogP contribution in [0, 0.1) is 5.92 Å². The summed E-state index contributed by atoms with van der Waals surface area (Å²) in [6.45, 7) is 8.55. The molecule has 1 aromatic carbocycles. The molecule has 23 heavy (non-hydrogen) atoms. The summed E-state index contributed by atoms with van der Waals surface area (Å²) in [5.41, 5.74) is 2.68. The highest BCUT2D eigenvalue weighted by Gasteiger charge is 2.20. The summed E-state index contributed by atoms with van der Waals surface area (Å²) in [5, 5.41) is 6.70. The molecule has 2 N–H and O–H groups in total. The Morgan fingerprint density at radius 1 is 1.17 bits per heavy atom. The van der Waals surface area contributed by atoms with Gasteiger partial charge in [0.15, 0.2) is 5.96 Å². The van der Waals surface area contributed by atoms with Gasteiger partial charge in [-0.3, -0.25) is 0 Å². The van der Waals surface area contributed by atoms with Crippen LogP contribution in [-0.4, -0.2) is 32.3 Å². The Hall–Kier alpha value is -1.55. The number of nitrogens with one attached hydrogen (secondary N) is 2. The van der Waals surface area contributed by atoms with Crippen molar-refractivity contribution in [3.8, 4) is 0 Å². The standard InChI is InChI=1S/C19H31N3O/c1-3-17-8-5-6-9-18(17)14-22-19(20-4-2)21-12-7-13-23-15-16-10-11-16/h5-6,8-9,16H,3-4,7,10-15H2,1-2H3,(H2,20,21,22). The summed E-state index contributed by atoms with van der Waals surface area (Å²) in [5.74, 6) is 1.74. The maximum Gasteiger partial charge on any atom is 0.191 e. The van der Waals surface area contributed by atoms with Crippen LogP contribution in [0.5, 0.6) is 0 Å². The van der Waals surface area contributed by atoms with Gasteiger partial charge < -0.3 is 15.4 Å². The maximum atomic E-state index is 5.66. The zero-order chi connectivity index (χ0) is 16.3. The maximum absolute atomic E-state index is 5.66.